The van der Waals surface area contributed by atoms with Crippen LogP contribution in [0.2, 0.25) is 0 Å². The first-order chi connectivity index (χ1) is 20.1. The van der Waals surface area contributed by atoms with Crippen molar-refractivity contribution in [2.24, 2.45) is 5.92 Å². The number of carbonyl (C=O) groups excluding carboxylic acids is 1. The fourth-order valence-corrected chi connectivity index (χ4v) is 7.58. The molecular formula is C29H38N4O8S2. The van der Waals surface area contributed by atoms with Gasteiger partial charge in [-0.05, 0) is 58.0 Å². The predicted molar refractivity (Wildman–Crippen MR) is 160 cm³/mol. The van der Waals surface area contributed by atoms with Crippen LogP contribution in [0.4, 0.5) is 5.69 Å². The molecule has 0 aliphatic carbocycles. The summed E-state index contributed by atoms with van der Waals surface area (Å²) in [5.74, 6) is -0.158. The van der Waals surface area contributed by atoms with E-state index >= 15 is 0 Å². The van der Waals surface area contributed by atoms with Crippen molar-refractivity contribution in [3.63, 3.8) is 0 Å². The molecule has 0 fully saturated rings. The maximum absolute atomic E-state index is 13.5. The molecule has 14 heteroatoms. The summed E-state index contributed by atoms with van der Waals surface area (Å²) in [6.07, 6.45) is -0.814. The number of aryl methyl sites for hydroxylation is 3. The molecule has 0 spiro atoms. The summed E-state index contributed by atoms with van der Waals surface area (Å²) in [6, 6.07) is 10.7. The van der Waals surface area contributed by atoms with Crippen molar-refractivity contribution < 1.29 is 36.0 Å². The predicted octanol–water partition coefficient (Wildman–Crippen LogP) is 2.87. The molecule has 0 radical (unpaired) electrons. The number of anilines is 1. The zero-order valence-corrected chi connectivity index (χ0v) is 26.7. The van der Waals surface area contributed by atoms with E-state index in [0.717, 1.165) is 5.56 Å². The number of sulfonamides is 2. The number of hydrogen-bond donors (Lipinski definition) is 2. The molecule has 3 aromatic rings. The van der Waals surface area contributed by atoms with E-state index in [4.69, 9.17) is 9.26 Å². The van der Waals surface area contributed by atoms with E-state index in [1.807, 2.05) is 13.8 Å². The highest BCUT2D eigenvalue weighted by Crippen LogP contribution is 2.31. The average molecular weight is 635 g/mol. The Bertz CT molecular complexity index is 1670. The minimum atomic E-state index is -4.05. The molecule has 1 aliphatic rings. The molecule has 12 nitrogen and oxygen atoms in total. The molecule has 1 aromatic heterocycles. The number of carbonyl (C=O) groups is 1. The van der Waals surface area contributed by atoms with Gasteiger partial charge in [-0.3, -0.25) is 9.52 Å². The van der Waals surface area contributed by atoms with E-state index in [0.29, 0.717) is 11.3 Å². The molecule has 2 heterocycles. The molecule has 2 N–H and O–H groups in total. The van der Waals surface area contributed by atoms with Gasteiger partial charge in [-0.1, -0.05) is 29.8 Å². The van der Waals surface area contributed by atoms with Gasteiger partial charge < -0.3 is 19.3 Å². The van der Waals surface area contributed by atoms with E-state index in [9.17, 15) is 26.7 Å². The van der Waals surface area contributed by atoms with E-state index in [2.05, 4.69) is 9.88 Å². The summed E-state index contributed by atoms with van der Waals surface area (Å²) in [7, 11) is -6.42. The first-order valence-electron chi connectivity index (χ1n) is 13.8. The number of benzene rings is 2. The summed E-state index contributed by atoms with van der Waals surface area (Å²) in [5, 5.41) is 13.6. The number of aliphatic hydroxyl groups is 1. The summed E-state index contributed by atoms with van der Waals surface area (Å²) in [6.45, 7) is 8.40. The molecule has 4 rings (SSSR count). The number of rotatable bonds is 9. The van der Waals surface area contributed by atoms with Gasteiger partial charge in [-0.15, -0.1) is 0 Å². The van der Waals surface area contributed by atoms with Crippen molar-refractivity contribution in [3.05, 3.63) is 65.0 Å². The summed E-state index contributed by atoms with van der Waals surface area (Å²) >= 11 is 0. The van der Waals surface area contributed by atoms with Gasteiger partial charge in [-0.25, -0.2) is 16.8 Å². The molecule has 3 atom stereocenters. The van der Waals surface area contributed by atoms with Crippen molar-refractivity contribution in [1.29, 1.82) is 0 Å². The van der Waals surface area contributed by atoms with E-state index in [1.54, 1.807) is 42.2 Å². The lowest BCUT2D eigenvalue weighted by Gasteiger charge is -2.33. The SMILES string of the molecule is Cc1ccc(S(=O)(=O)N(C)C[C@@H]2Oc3ccc(NS(=O)(=O)c4c(C)noc4C)cc3CC(=O)N([C@H](C)CO)C[C@@H]2C)cc1. The number of ether oxygens (including phenoxy) is 1. The normalized spacial score (nSPS) is 18.8. The first kappa shape index (κ1) is 32.5. The van der Waals surface area contributed by atoms with Gasteiger partial charge in [0.2, 0.25) is 15.9 Å². The summed E-state index contributed by atoms with van der Waals surface area (Å²) in [4.78, 5) is 15.1. The minimum Gasteiger partial charge on any atom is -0.488 e. The van der Waals surface area contributed by atoms with Crippen LogP contribution in [0.15, 0.2) is 56.8 Å². The number of aliphatic hydroxyl groups excluding tert-OH is 1. The Labute approximate surface area is 252 Å². The highest BCUT2D eigenvalue weighted by atomic mass is 32.2. The smallest absolute Gasteiger partial charge is 0.267 e. The van der Waals surface area contributed by atoms with E-state index in [1.165, 1.54) is 37.3 Å². The van der Waals surface area contributed by atoms with Crippen molar-refractivity contribution in [2.45, 2.75) is 63.0 Å². The number of hydrogen-bond acceptors (Lipinski definition) is 9. The van der Waals surface area contributed by atoms with Crippen LogP contribution in [-0.4, -0.2) is 81.1 Å². The summed E-state index contributed by atoms with van der Waals surface area (Å²) < 4.78 is 68.2. The lowest BCUT2D eigenvalue weighted by Crippen LogP contribution is -2.48. The quantitative estimate of drug-likeness (QED) is 0.361. The second-order valence-corrected chi connectivity index (χ2v) is 14.7. The minimum absolute atomic E-state index is 0.0211. The molecule has 234 valence electrons. The molecule has 0 saturated carbocycles. The molecule has 43 heavy (non-hydrogen) atoms. The largest absolute Gasteiger partial charge is 0.488 e. The van der Waals surface area contributed by atoms with Crippen molar-refractivity contribution in [1.82, 2.24) is 14.4 Å². The van der Waals surface area contributed by atoms with Gasteiger partial charge in [0.25, 0.3) is 10.0 Å². The second kappa shape index (κ2) is 12.6. The Morgan fingerprint density at radius 2 is 1.79 bits per heavy atom. The van der Waals surface area contributed by atoms with Gasteiger partial charge in [-0.2, -0.15) is 4.31 Å². The van der Waals surface area contributed by atoms with Gasteiger partial charge in [0, 0.05) is 30.8 Å². The zero-order chi connectivity index (χ0) is 31.7. The second-order valence-electron chi connectivity index (χ2n) is 11.1. The number of fused-ring (bicyclic) bond motifs is 1. The lowest BCUT2D eigenvalue weighted by molar-refractivity contribution is -0.134. The Morgan fingerprint density at radius 1 is 1.12 bits per heavy atom. The Hall–Kier alpha value is -3.46. The summed E-state index contributed by atoms with van der Waals surface area (Å²) in [5.41, 5.74) is 1.74. The van der Waals surface area contributed by atoms with Crippen LogP contribution >= 0.6 is 0 Å². The average Bonchev–Trinajstić information content (AvgIpc) is 3.31. The molecule has 0 saturated heterocycles. The van der Waals surface area contributed by atoms with Gasteiger partial charge in [0.15, 0.2) is 10.7 Å². The fourth-order valence-electron chi connectivity index (χ4n) is 5.02. The maximum atomic E-state index is 13.5. The van der Waals surface area contributed by atoms with Gasteiger partial charge in [0.1, 0.15) is 17.5 Å². The highest BCUT2D eigenvalue weighted by molar-refractivity contribution is 7.92. The van der Waals surface area contributed by atoms with Crippen LogP contribution in [0.5, 0.6) is 5.75 Å². The zero-order valence-electron chi connectivity index (χ0n) is 25.1. The van der Waals surface area contributed by atoms with Gasteiger partial charge in [0.05, 0.1) is 30.5 Å². The monoisotopic (exact) mass is 634 g/mol. The molecule has 1 aliphatic heterocycles. The molecular weight excluding hydrogens is 596 g/mol. The van der Waals surface area contributed by atoms with Crippen LogP contribution in [0.25, 0.3) is 0 Å². The fraction of sp³-hybridized carbons (Fsp3) is 0.448. The third kappa shape index (κ3) is 7.03. The maximum Gasteiger partial charge on any atom is 0.267 e. The molecule has 2 aromatic carbocycles. The van der Waals surface area contributed by atoms with E-state index in [-0.39, 0.29) is 64.9 Å². The number of likely N-dealkylation sites (N-methyl/N-ethyl adjacent to an activating group) is 1. The molecule has 0 unspecified atom stereocenters. The molecule has 1 amide bonds. The topological polar surface area (TPSA) is 159 Å². The van der Waals surface area contributed by atoms with Crippen molar-refractivity contribution >= 4 is 31.6 Å². The number of nitrogens with zero attached hydrogens (tertiary/aromatic N) is 3. The number of nitrogens with one attached hydrogen (secondary N) is 1. The van der Waals surface area contributed by atoms with Crippen molar-refractivity contribution in [3.8, 4) is 5.75 Å². The van der Waals surface area contributed by atoms with Crippen LogP contribution < -0.4 is 9.46 Å². The van der Waals surface area contributed by atoms with Crippen LogP contribution in [0.3, 0.4) is 0 Å². The molecule has 0 bridgehead atoms. The van der Waals surface area contributed by atoms with Gasteiger partial charge >= 0.3 is 0 Å². The van der Waals surface area contributed by atoms with Crippen LogP contribution in [-0.2, 0) is 31.3 Å². The third-order valence-electron chi connectivity index (χ3n) is 7.57. The van der Waals surface area contributed by atoms with Crippen LogP contribution in [0, 0.1) is 26.7 Å². The Balaban J connectivity index is 1.69. The lowest BCUT2D eigenvalue weighted by atomic mass is 10.0. The van der Waals surface area contributed by atoms with Crippen LogP contribution in [0.1, 0.15) is 36.4 Å². The first-order valence-corrected chi connectivity index (χ1v) is 16.7. The van der Waals surface area contributed by atoms with E-state index < -0.39 is 32.2 Å². The van der Waals surface area contributed by atoms with Crippen molar-refractivity contribution in [2.75, 3.05) is 31.5 Å². The third-order valence-corrected chi connectivity index (χ3v) is 11.0. The number of amides is 1. The Morgan fingerprint density at radius 3 is 2.40 bits per heavy atom. The Kier molecular flexibility index (Phi) is 9.54. The standard InChI is InChI=1S/C29H38N4O8S2/c1-18-7-10-25(11-8-18)43(38,39)32(6)16-27-19(2)15-33(20(3)17-34)28(35)14-23-13-24(9-12-26(23)40-27)31-42(36,37)29-21(4)30-41-22(29)5/h7-13,19-20,27,31,34H,14-17H2,1-6H3/t19-,20+,27-/m0/s1. The highest BCUT2D eigenvalue weighted by Gasteiger charge is 2.34. The number of aromatic nitrogens is 1.